The first-order valence-corrected chi connectivity index (χ1v) is 5.02. The Labute approximate surface area is 75.2 Å². The molecule has 1 aliphatic rings. The molecule has 0 heterocycles. The second kappa shape index (κ2) is 3.75. The molecule has 1 aliphatic carbocycles. The molecule has 1 rings (SSSR count). The molecule has 2 nitrogen and oxygen atoms in total. The Morgan fingerprint density at radius 3 is 2.58 bits per heavy atom. The molecule has 0 amide bonds. The molecule has 1 saturated carbocycles. The third kappa shape index (κ3) is 1.64. The van der Waals surface area contributed by atoms with Crippen molar-refractivity contribution in [2.75, 3.05) is 6.54 Å². The Morgan fingerprint density at radius 2 is 2.33 bits per heavy atom. The maximum Gasteiger partial charge on any atom is 0.0580 e. The van der Waals surface area contributed by atoms with Gasteiger partial charge in [0.05, 0.1) is 6.10 Å². The second-order valence-electron chi connectivity index (χ2n) is 4.26. The number of hydrogen-bond donors (Lipinski definition) is 2. The van der Waals surface area contributed by atoms with Gasteiger partial charge >= 0.3 is 0 Å². The van der Waals surface area contributed by atoms with E-state index in [4.69, 9.17) is 5.73 Å². The van der Waals surface area contributed by atoms with Gasteiger partial charge in [0.25, 0.3) is 0 Å². The van der Waals surface area contributed by atoms with Crippen molar-refractivity contribution in [2.24, 2.45) is 17.1 Å². The van der Waals surface area contributed by atoms with Crippen LogP contribution in [0, 0.1) is 11.3 Å². The molecule has 3 unspecified atom stereocenters. The minimum absolute atomic E-state index is 0.0423. The maximum absolute atomic E-state index is 9.64. The monoisotopic (exact) mass is 171 g/mol. The van der Waals surface area contributed by atoms with Gasteiger partial charge in [0.1, 0.15) is 0 Å². The second-order valence-corrected chi connectivity index (χ2v) is 4.26. The highest BCUT2D eigenvalue weighted by atomic mass is 16.3. The Kier molecular flexibility index (Phi) is 3.13. The summed E-state index contributed by atoms with van der Waals surface area (Å²) in [5.41, 5.74) is 5.77. The molecule has 0 aromatic carbocycles. The van der Waals surface area contributed by atoms with Crippen LogP contribution in [0.5, 0.6) is 0 Å². The van der Waals surface area contributed by atoms with E-state index in [2.05, 4.69) is 6.92 Å². The SMILES string of the molecule is CCC1CCC(CN)(C(C)O)C1. The summed E-state index contributed by atoms with van der Waals surface area (Å²) < 4.78 is 0. The molecule has 0 aromatic rings. The summed E-state index contributed by atoms with van der Waals surface area (Å²) in [5, 5.41) is 9.64. The largest absolute Gasteiger partial charge is 0.393 e. The summed E-state index contributed by atoms with van der Waals surface area (Å²) in [6.45, 7) is 4.74. The van der Waals surface area contributed by atoms with Gasteiger partial charge in [-0.25, -0.2) is 0 Å². The standard InChI is InChI=1S/C10H21NO/c1-3-9-4-5-10(6-9,7-11)8(2)12/h8-9,12H,3-7,11H2,1-2H3. The molecule has 0 aromatic heterocycles. The Bertz CT molecular complexity index is 147. The lowest BCUT2D eigenvalue weighted by atomic mass is 9.80. The highest BCUT2D eigenvalue weighted by Gasteiger charge is 2.40. The Morgan fingerprint density at radius 1 is 1.67 bits per heavy atom. The molecule has 0 radical (unpaired) electrons. The molecule has 0 bridgehead atoms. The maximum atomic E-state index is 9.64. The fraction of sp³-hybridized carbons (Fsp3) is 1.00. The third-order valence-corrected chi connectivity index (χ3v) is 3.62. The molecule has 0 aliphatic heterocycles. The van der Waals surface area contributed by atoms with E-state index in [1.165, 1.54) is 12.8 Å². The lowest BCUT2D eigenvalue weighted by Crippen LogP contribution is -2.38. The topological polar surface area (TPSA) is 46.2 Å². The molecular formula is C10H21NO. The first-order valence-electron chi connectivity index (χ1n) is 5.02. The van der Waals surface area contributed by atoms with E-state index in [0.29, 0.717) is 6.54 Å². The zero-order valence-electron chi connectivity index (χ0n) is 8.21. The summed E-state index contributed by atoms with van der Waals surface area (Å²) in [6.07, 6.45) is 4.48. The average molecular weight is 171 g/mol. The number of hydrogen-bond acceptors (Lipinski definition) is 2. The quantitative estimate of drug-likeness (QED) is 0.676. The molecule has 0 saturated heterocycles. The van der Waals surface area contributed by atoms with Crippen LogP contribution in [0.4, 0.5) is 0 Å². The van der Waals surface area contributed by atoms with Crippen LogP contribution in [0.3, 0.4) is 0 Å². The van der Waals surface area contributed by atoms with Gasteiger partial charge in [0.15, 0.2) is 0 Å². The van der Waals surface area contributed by atoms with Gasteiger partial charge in [0.2, 0.25) is 0 Å². The van der Waals surface area contributed by atoms with Crippen molar-refractivity contribution in [1.29, 1.82) is 0 Å². The molecule has 3 N–H and O–H groups in total. The molecule has 12 heavy (non-hydrogen) atoms. The van der Waals surface area contributed by atoms with Crippen molar-refractivity contribution in [2.45, 2.75) is 45.6 Å². The highest BCUT2D eigenvalue weighted by molar-refractivity contribution is 4.92. The van der Waals surface area contributed by atoms with Crippen molar-refractivity contribution in [3.8, 4) is 0 Å². The number of aliphatic hydroxyl groups excluding tert-OH is 1. The Hall–Kier alpha value is -0.0800. The number of rotatable bonds is 3. The summed E-state index contributed by atoms with van der Waals surface area (Å²) in [4.78, 5) is 0. The van der Waals surface area contributed by atoms with E-state index >= 15 is 0 Å². The van der Waals surface area contributed by atoms with Crippen LogP contribution in [-0.4, -0.2) is 17.8 Å². The van der Waals surface area contributed by atoms with Crippen LogP contribution < -0.4 is 5.73 Å². The minimum atomic E-state index is -0.237. The van der Waals surface area contributed by atoms with E-state index in [-0.39, 0.29) is 11.5 Å². The highest BCUT2D eigenvalue weighted by Crippen LogP contribution is 2.44. The fourth-order valence-corrected chi connectivity index (χ4v) is 2.35. The predicted octanol–water partition coefficient (Wildman–Crippen LogP) is 1.52. The van der Waals surface area contributed by atoms with E-state index in [1.807, 2.05) is 6.92 Å². The third-order valence-electron chi connectivity index (χ3n) is 3.62. The molecule has 0 spiro atoms. The fourth-order valence-electron chi connectivity index (χ4n) is 2.35. The summed E-state index contributed by atoms with van der Waals surface area (Å²) in [6, 6.07) is 0. The van der Waals surface area contributed by atoms with E-state index in [9.17, 15) is 5.11 Å². The Balaban J connectivity index is 2.59. The van der Waals surface area contributed by atoms with Gasteiger partial charge in [-0.3, -0.25) is 0 Å². The minimum Gasteiger partial charge on any atom is -0.393 e. The average Bonchev–Trinajstić information content (AvgIpc) is 2.48. The molecule has 72 valence electrons. The normalized spacial score (nSPS) is 38.5. The van der Waals surface area contributed by atoms with Gasteiger partial charge in [0, 0.05) is 12.0 Å². The van der Waals surface area contributed by atoms with Crippen molar-refractivity contribution >= 4 is 0 Å². The van der Waals surface area contributed by atoms with Gasteiger partial charge in [-0.2, -0.15) is 0 Å². The van der Waals surface area contributed by atoms with E-state index in [1.54, 1.807) is 0 Å². The lowest BCUT2D eigenvalue weighted by Gasteiger charge is -2.30. The van der Waals surface area contributed by atoms with Crippen LogP contribution in [-0.2, 0) is 0 Å². The van der Waals surface area contributed by atoms with Crippen molar-refractivity contribution in [1.82, 2.24) is 0 Å². The smallest absolute Gasteiger partial charge is 0.0580 e. The lowest BCUT2D eigenvalue weighted by molar-refractivity contribution is 0.0466. The molecule has 1 fully saturated rings. The molecular weight excluding hydrogens is 150 g/mol. The van der Waals surface area contributed by atoms with Crippen LogP contribution >= 0.6 is 0 Å². The first-order chi connectivity index (χ1) is 5.64. The van der Waals surface area contributed by atoms with E-state index in [0.717, 1.165) is 18.8 Å². The van der Waals surface area contributed by atoms with Gasteiger partial charge < -0.3 is 10.8 Å². The summed E-state index contributed by atoms with van der Waals surface area (Å²) in [5.74, 6) is 0.795. The molecule has 3 atom stereocenters. The summed E-state index contributed by atoms with van der Waals surface area (Å²) in [7, 11) is 0. The van der Waals surface area contributed by atoms with Crippen LogP contribution in [0.25, 0.3) is 0 Å². The molecule has 2 heteroatoms. The van der Waals surface area contributed by atoms with Crippen LogP contribution in [0.15, 0.2) is 0 Å². The zero-order chi connectivity index (χ0) is 9.19. The van der Waals surface area contributed by atoms with Crippen LogP contribution in [0.2, 0.25) is 0 Å². The van der Waals surface area contributed by atoms with Gasteiger partial charge in [-0.1, -0.05) is 13.3 Å². The van der Waals surface area contributed by atoms with Crippen molar-refractivity contribution in [3.63, 3.8) is 0 Å². The number of aliphatic hydroxyl groups is 1. The summed E-state index contributed by atoms with van der Waals surface area (Å²) >= 11 is 0. The van der Waals surface area contributed by atoms with Gasteiger partial charge in [-0.05, 0) is 32.1 Å². The number of nitrogens with two attached hydrogens (primary N) is 1. The van der Waals surface area contributed by atoms with Crippen molar-refractivity contribution < 1.29 is 5.11 Å². The first kappa shape index (κ1) is 10.0. The zero-order valence-corrected chi connectivity index (χ0v) is 8.21. The van der Waals surface area contributed by atoms with E-state index < -0.39 is 0 Å². The van der Waals surface area contributed by atoms with Crippen LogP contribution in [0.1, 0.15) is 39.5 Å². The van der Waals surface area contributed by atoms with Crippen molar-refractivity contribution in [3.05, 3.63) is 0 Å². The predicted molar refractivity (Wildman–Crippen MR) is 50.8 cm³/mol. The van der Waals surface area contributed by atoms with Gasteiger partial charge in [-0.15, -0.1) is 0 Å².